The quantitative estimate of drug-likeness (QED) is 0.370. The van der Waals surface area contributed by atoms with Crippen molar-refractivity contribution in [3.8, 4) is 11.5 Å². The van der Waals surface area contributed by atoms with E-state index in [9.17, 15) is 19.7 Å². The Labute approximate surface area is 156 Å². The van der Waals surface area contributed by atoms with Crippen LogP contribution < -0.4 is 14.8 Å². The molecule has 1 amide bonds. The van der Waals surface area contributed by atoms with Crippen molar-refractivity contribution in [1.82, 2.24) is 0 Å². The molecular weight excluding hydrogens is 352 g/mol. The van der Waals surface area contributed by atoms with E-state index in [1.807, 2.05) is 0 Å². The van der Waals surface area contributed by atoms with Crippen molar-refractivity contribution in [1.29, 1.82) is 0 Å². The first kappa shape index (κ1) is 19.9. The fraction of sp³-hybridized carbons (Fsp3) is 0.263. The number of rotatable bonds is 5. The molecule has 0 aliphatic rings. The first-order valence-corrected chi connectivity index (χ1v) is 8.08. The average molecular weight is 372 g/mol. The summed E-state index contributed by atoms with van der Waals surface area (Å²) in [6.45, 7) is 5.30. The van der Waals surface area contributed by atoms with Gasteiger partial charge in [-0.1, -0.05) is 26.8 Å². The molecule has 1 N–H and O–H groups in total. The van der Waals surface area contributed by atoms with Gasteiger partial charge in [0.05, 0.1) is 23.7 Å². The van der Waals surface area contributed by atoms with Gasteiger partial charge in [0, 0.05) is 11.1 Å². The summed E-state index contributed by atoms with van der Waals surface area (Å²) in [5.41, 5.74) is -0.416. The smallest absolute Gasteiger partial charge is 0.343 e. The van der Waals surface area contributed by atoms with E-state index < -0.39 is 16.3 Å². The third-order valence-corrected chi connectivity index (χ3v) is 3.60. The Hall–Kier alpha value is -3.42. The number of nitrogens with zero attached hydrogens (tertiary/aromatic N) is 1. The van der Waals surface area contributed by atoms with Gasteiger partial charge < -0.3 is 14.8 Å². The van der Waals surface area contributed by atoms with Gasteiger partial charge in [0.1, 0.15) is 5.75 Å². The molecule has 0 spiro atoms. The Balaban J connectivity index is 2.23. The number of methoxy groups -OCH3 is 1. The summed E-state index contributed by atoms with van der Waals surface area (Å²) >= 11 is 0. The molecule has 0 aliphatic heterocycles. The van der Waals surface area contributed by atoms with Gasteiger partial charge in [0.25, 0.3) is 0 Å². The number of esters is 1. The lowest BCUT2D eigenvalue weighted by molar-refractivity contribution is -0.385. The van der Waals surface area contributed by atoms with Gasteiger partial charge in [-0.15, -0.1) is 0 Å². The Kier molecular flexibility index (Phi) is 5.79. The van der Waals surface area contributed by atoms with Gasteiger partial charge in [-0.05, 0) is 30.3 Å². The minimum Gasteiger partial charge on any atom is -0.496 e. The van der Waals surface area contributed by atoms with E-state index in [0.29, 0.717) is 5.69 Å². The molecule has 2 rings (SSSR count). The third-order valence-electron chi connectivity index (χ3n) is 3.60. The van der Waals surface area contributed by atoms with Crippen LogP contribution in [0, 0.1) is 15.5 Å². The summed E-state index contributed by atoms with van der Waals surface area (Å²) in [5.74, 6) is -0.919. The second kappa shape index (κ2) is 7.86. The standard InChI is InChI=1S/C19H20N2O6/c1-19(2,3)18(23)20-13-7-5-6-12(10-13)17(22)27-16-9-8-14(26-4)11-15(16)21(24)25/h5-11H,1-4H3,(H,20,23). The summed E-state index contributed by atoms with van der Waals surface area (Å²) in [6, 6.07) is 10.1. The van der Waals surface area contributed by atoms with E-state index in [-0.39, 0.29) is 28.7 Å². The first-order valence-electron chi connectivity index (χ1n) is 8.08. The molecule has 0 saturated carbocycles. The highest BCUT2D eigenvalue weighted by Gasteiger charge is 2.23. The zero-order valence-electron chi connectivity index (χ0n) is 15.4. The highest BCUT2D eigenvalue weighted by molar-refractivity contribution is 5.97. The van der Waals surface area contributed by atoms with Crippen LogP contribution in [0.2, 0.25) is 0 Å². The molecule has 0 fully saturated rings. The number of carbonyl (C=O) groups excluding carboxylic acids is 2. The summed E-state index contributed by atoms with van der Waals surface area (Å²) in [5, 5.41) is 13.9. The number of hydrogen-bond acceptors (Lipinski definition) is 6. The second-order valence-electron chi connectivity index (χ2n) is 6.77. The van der Waals surface area contributed by atoms with E-state index in [0.717, 1.165) is 0 Å². The molecule has 0 saturated heterocycles. The zero-order valence-corrected chi connectivity index (χ0v) is 15.4. The van der Waals surface area contributed by atoms with Crippen LogP contribution in [-0.4, -0.2) is 23.9 Å². The predicted octanol–water partition coefficient (Wildman–Crippen LogP) is 3.81. The number of amides is 1. The Morgan fingerprint density at radius 3 is 2.41 bits per heavy atom. The maximum Gasteiger partial charge on any atom is 0.343 e. The minimum absolute atomic E-state index is 0.145. The molecule has 8 heteroatoms. The molecule has 0 radical (unpaired) electrons. The molecule has 2 aromatic rings. The van der Waals surface area contributed by atoms with Crippen molar-refractivity contribution in [2.45, 2.75) is 20.8 Å². The number of nitro groups is 1. The summed E-state index contributed by atoms with van der Waals surface area (Å²) < 4.78 is 10.1. The fourth-order valence-electron chi connectivity index (χ4n) is 2.05. The Morgan fingerprint density at radius 2 is 1.81 bits per heavy atom. The second-order valence-corrected chi connectivity index (χ2v) is 6.77. The molecule has 142 valence electrons. The molecule has 0 atom stereocenters. The van der Waals surface area contributed by atoms with Crippen molar-refractivity contribution in [2.24, 2.45) is 5.41 Å². The van der Waals surface area contributed by atoms with Crippen molar-refractivity contribution in [2.75, 3.05) is 12.4 Å². The van der Waals surface area contributed by atoms with Gasteiger partial charge in [-0.25, -0.2) is 4.79 Å². The maximum atomic E-state index is 12.4. The van der Waals surface area contributed by atoms with Crippen molar-refractivity contribution in [3.05, 3.63) is 58.1 Å². The highest BCUT2D eigenvalue weighted by Crippen LogP contribution is 2.31. The van der Waals surface area contributed by atoms with E-state index in [1.54, 1.807) is 32.9 Å². The molecule has 2 aromatic carbocycles. The topological polar surface area (TPSA) is 108 Å². The largest absolute Gasteiger partial charge is 0.496 e. The van der Waals surface area contributed by atoms with E-state index in [1.165, 1.54) is 37.4 Å². The monoisotopic (exact) mass is 372 g/mol. The lowest BCUT2D eigenvalue weighted by Crippen LogP contribution is -2.27. The number of benzene rings is 2. The van der Waals surface area contributed by atoms with Crippen LogP contribution in [0.25, 0.3) is 0 Å². The summed E-state index contributed by atoms with van der Waals surface area (Å²) in [7, 11) is 1.38. The number of nitrogens with one attached hydrogen (secondary N) is 1. The number of carbonyl (C=O) groups is 2. The van der Waals surface area contributed by atoms with Crippen molar-refractivity contribution >= 4 is 23.3 Å². The summed E-state index contributed by atoms with van der Waals surface area (Å²) in [4.78, 5) is 35.0. The minimum atomic E-state index is -0.782. The number of anilines is 1. The van der Waals surface area contributed by atoms with E-state index >= 15 is 0 Å². The van der Waals surface area contributed by atoms with Gasteiger partial charge in [-0.3, -0.25) is 14.9 Å². The molecule has 8 nitrogen and oxygen atoms in total. The van der Waals surface area contributed by atoms with E-state index in [2.05, 4.69) is 5.32 Å². The molecule has 0 aromatic heterocycles. The SMILES string of the molecule is COc1ccc(OC(=O)c2cccc(NC(=O)C(C)(C)C)c2)c([N+](=O)[O-])c1. The predicted molar refractivity (Wildman–Crippen MR) is 99.1 cm³/mol. The van der Waals surface area contributed by atoms with Crippen LogP contribution in [0.15, 0.2) is 42.5 Å². The molecule has 0 aliphatic carbocycles. The van der Waals surface area contributed by atoms with Crippen LogP contribution in [0.4, 0.5) is 11.4 Å². The van der Waals surface area contributed by atoms with Crippen LogP contribution in [0.3, 0.4) is 0 Å². The molecule has 0 bridgehead atoms. The van der Waals surface area contributed by atoms with Gasteiger partial charge in [-0.2, -0.15) is 0 Å². The molecule has 27 heavy (non-hydrogen) atoms. The normalized spacial score (nSPS) is 10.8. The third kappa shape index (κ3) is 5.04. The number of ether oxygens (including phenoxy) is 2. The molecular formula is C19H20N2O6. The van der Waals surface area contributed by atoms with Crippen LogP contribution in [0.5, 0.6) is 11.5 Å². The van der Waals surface area contributed by atoms with Crippen LogP contribution in [-0.2, 0) is 4.79 Å². The van der Waals surface area contributed by atoms with Gasteiger partial charge >= 0.3 is 11.7 Å². The van der Waals surface area contributed by atoms with Crippen LogP contribution >= 0.6 is 0 Å². The fourth-order valence-corrected chi connectivity index (χ4v) is 2.05. The Morgan fingerprint density at radius 1 is 1.11 bits per heavy atom. The van der Waals surface area contributed by atoms with Crippen LogP contribution in [0.1, 0.15) is 31.1 Å². The lowest BCUT2D eigenvalue weighted by Gasteiger charge is -2.17. The first-order chi connectivity index (χ1) is 12.6. The van der Waals surface area contributed by atoms with Crippen molar-refractivity contribution in [3.63, 3.8) is 0 Å². The lowest BCUT2D eigenvalue weighted by atomic mass is 9.95. The number of nitro benzene ring substituents is 1. The zero-order chi connectivity index (χ0) is 20.2. The number of hydrogen-bond donors (Lipinski definition) is 1. The Bertz CT molecular complexity index is 886. The maximum absolute atomic E-state index is 12.4. The van der Waals surface area contributed by atoms with Gasteiger partial charge in [0.2, 0.25) is 11.7 Å². The highest BCUT2D eigenvalue weighted by atomic mass is 16.6. The van der Waals surface area contributed by atoms with Crippen molar-refractivity contribution < 1.29 is 24.0 Å². The van der Waals surface area contributed by atoms with E-state index in [4.69, 9.17) is 9.47 Å². The van der Waals surface area contributed by atoms with Gasteiger partial charge in [0.15, 0.2) is 0 Å². The molecule has 0 heterocycles. The summed E-state index contributed by atoms with van der Waals surface area (Å²) in [6.07, 6.45) is 0. The molecule has 0 unspecified atom stereocenters. The average Bonchev–Trinajstić information content (AvgIpc) is 2.61.